The molecule has 3 rings (SSSR count). The average molecular weight is 392 g/mol. The van der Waals surface area contributed by atoms with E-state index < -0.39 is 0 Å². The van der Waals surface area contributed by atoms with Crippen LogP contribution in [0, 0.1) is 5.92 Å². The Kier molecular flexibility index (Phi) is 6.63. The lowest BCUT2D eigenvalue weighted by molar-refractivity contribution is 0.0947. The maximum atomic E-state index is 12.7. The first-order chi connectivity index (χ1) is 14.1. The number of ether oxygens (including phenoxy) is 1. The second-order valence-electron chi connectivity index (χ2n) is 6.77. The Morgan fingerprint density at radius 1 is 1.07 bits per heavy atom. The summed E-state index contributed by atoms with van der Waals surface area (Å²) in [4.78, 5) is 25.2. The minimum Gasteiger partial charge on any atom is -0.497 e. The summed E-state index contributed by atoms with van der Waals surface area (Å²) >= 11 is 0. The summed E-state index contributed by atoms with van der Waals surface area (Å²) in [7, 11) is 1.57. The Balaban J connectivity index is 1.62. The zero-order chi connectivity index (χ0) is 20.6. The maximum absolute atomic E-state index is 12.7. The van der Waals surface area contributed by atoms with Crippen molar-refractivity contribution in [1.82, 2.24) is 15.1 Å². The highest BCUT2D eigenvalue weighted by Gasteiger charge is 2.15. The van der Waals surface area contributed by atoms with Crippen LogP contribution in [-0.4, -0.2) is 35.2 Å². The van der Waals surface area contributed by atoms with Crippen molar-refractivity contribution >= 4 is 17.5 Å². The van der Waals surface area contributed by atoms with Gasteiger partial charge in [0, 0.05) is 31.0 Å². The number of benzene rings is 2. The van der Waals surface area contributed by atoms with Gasteiger partial charge in [0.25, 0.3) is 11.8 Å². The molecule has 0 spiro atoms. The van der Waals surface area contributed by atoms with E-state index >= 15 is 0 Å². The number of hydrogen-bond acceptors (Lipinski definition) is 4. The Bertz CT molecular complexity index is 952. The van der Waals surface area contributed by atoms with Crippen LogP contribution >= 0.6 is 0 Å². The molecule has 0 aliphatic carbocycles. The van der Waals surface area contributed by atoms with E-state index in [2.05, 4.69) is 15.7 Å². The van der Waals surface area contributed by atoms with Gasteiger partial charge < -0.3 is 15.4 Å². The molecule has 3 aromatic rings. The highest BCUT2D eigenvalue weighted by atomic mass is 16.5. The number of nitrogens with one attached hydrogen (secondary N) is 2. The molecule has 0 aliphatic heterocycles. The Morgan fingerprint density at radius 3 is 2.52 bits per heavy atom. The fraction of sp³-hybridized carbons (Fsp3) is 0.227. The van der Waals surface area contributed by atoms with Crippen LogP contribution in [0.4, 0.5) is 5.69 Å². The van der Waals surface area contributed by atoms with Crippen molar-refractivity contribution in [2.75, 3.05) is 19.0 Å². The molecule has 0 fully saturated rings. The van der Waals surface area contributed by atoms with Crippen LogP contribution in [-0.2, 0) is 6.54 Å². The first-order valence-corrected chi connectivity index (χ1v) is 9.37. The van der Waals surface area contributed by atoms with E-state index in [-0.39, 0.29) is 17.7 Å². The topological polar surface area (TPSA) is 85.2 Å². The zero-order valence-electron chi connectivity index (χ0n) is 16.5. The third kappa shape index (κ3) is 5.44. The molecular formula is C22H24N4O3. The number of anilines is 1. The van der Waals surface area contributed by atoms with Crippen LogP contribution in [0.3, 0.4) is 0 Å². The molecule has 1 atom stereocenters. The predicted molar refractivity (Wildman–Crippen MR) is 111 cm³/mol. The quantitative estimate of drug-likeness (QED) is 0.616. The molecule has 29 heavy (non-hydrogen) atoms. The SMILES string of the molecule is COc1ccc(C(=O)Nc2ccccc2C(=O)NCC(C)Cn2cccn2)cc1. The van der Waals surface area contributed by atoms with Crippen molar-refractivity contribution in [1.29, 1.82) is 0 Å². The van der Waals surface area contributed by atoms with Crippen molar-refractivity contribution in [3.05, 3.63) is 78.1 Å². The molecule has 0 aliphatic rings. The average Bonchev–Trinajstić information content (AvgIpc) is 3.25. The first-order valence-electron chi connectivity index (χ1n) is 9.37. The molecule has 1 unspecified atom stereocenters. The molecule has 150 valence electrons. The second-order valence-corrected chi connectivity index (χ2v) is 6.77. The molecule has 0 radical (unpaired) electrons. The van der Waals surface area contributed by atoms with Gasteiger partial charge in [-0.05, 0) is 48.4 Å². The molecule has 0 saturated carbocycles. The number of hydrogen-bond donors (Lipinski definition) is 2. The molecule has 1 aromatic heterocycles. The minimum atomic E-state index is -0.292. The van der Waals surface area contributed by atoms with Crippen molar-refractivity contribution in [2.45, 2.75) is 13.5 Å². The summed E-state index contributed by atoms with van der Waals surface area (Å²) in [5.74, 6) is 0.355. The number of carbonyl (C=O) groups excluding carboxylic acids is 2. The molecule has 1 heterocycles. The zero-order valence-corrected chi connectivity index (χ0v) is 16.5. The third-order valence-electron chi connectivity index (χ3n) is 4.44. The van der Waals surface area contributed by atoms with Gasteiger partial charge in [-0.15, -0.1) is 0 Å². The van der Waals surface area contributed by atoms with Crippen molar-refractivity contribution in [3.63, 3.8) is 0 Å². The molecule has 0 bridgehead atoms. The number of para-hydroxylation sites is 1. The highest BCUT2D eigenvalue weighted by molar-refractivity contribution is 6.09. The van der Waals surface area contributed by atoms with E-state index in [0.717, 1.165) is 0 Å². The lowest BCUT2D eigenvalue weighted by Gasteiger charge is -2.15. The number of aromatic nitrogens is 2. The summed E-state index contributed by atoms with van der Waals surface area (Å²) in [6.45, 7) is 3.25. The molecule has 2 aromatic carbocycles. The lowest BCUT2D eigenvalue weighted by atomic mass is 10.1. The van der Waals surface area contributed by atoms with E-state index in [4.69, 9.17) is 4.74 Å². The van der Waals surface area contributed by atoms with Gasteiger partial charge in [-0.1, -0.05) is 19.1 Å². The monoisotopic (exact) mass is 392 g/mol. The van der Waals surface area contributed by atoms with Gasteiger partial charge in [-0.25, -0.2) is 0 Å². The number of nitrogens with zero attached hydrogens (tertiary/aromatic N) is 2. The minimum absolute atomic E-state index is 0.208. The number of rotatable bonds is 8. The molecule has 2 N–H and O–H groups in total. The fourth-order valence-corrected chi connectivity index (χ4v) is 2.88. The predicted octanol–water partition coefficient (Wildman–Crippen LogP) is 3.21. The summed E-state index contributed by atoms with van der Waals surface area (Å²) < 4.78 is 6.94. The number of amides is 2. The van der Waals surface area contributed by atoms with Crippen LogP contribution < -0.4 is 15.4 Å². The largest absolute Gasteiger partial charge is 0.497 e. The van der Waals surface area contributed by atoms with Crippen LogP contribution in [0.1, 0.15) is 27.6 Å². The number of carbonyl (C=O) groups is 2. The summed E-state index contributed by atoms with van der Waals surface area (Å²) in [6.07, 6.45) is 3.62. The van der Waals surface area contributed by atoms with E-state index in [1.54, 1.807) is 61.8 Å². The van der Waals surface area contributed by atoms with Gasteiger partial charge in [-0.3, -0.25) is 14.3 Å². The smallest absolute Gasteiger partial charge is 0.255 e. The van der Waals surface area contributed by atoms with E-state index in [0.29, 0.717) is 35.7 Å². The molecule has 7 heteroatoms. The van der Waals surface area contributed by atoms with Crippen LogP contribution in [0.15, 0.2) is 67.0 Å². The van der Waals surface area contributed by atoms with Crippen LogP contribution in [0.25, 0.3) is 0 Å². The lowest BCUT2D eigenvalue weighted by Crippen LogP contribution is -2.31. The molecule has 0 saturated heterocycles. The maximum Gasteiger partial charge on any atom is 0.255 e. The molecule has 2 amide bonds. The molecule has 7 nitrogen and oxygen atoms in total. The van der Waals surface area contributed by atoms with Gasteiger partial charge in [-0.2, -0.15) is 5.10 Å². The van der Waals surface area contributed by atoms with Gasteiger partial charge in [0.05, 0.1) is 18.4 Å². The van der Waals surface area contributed by atoms with Gasteiger partial charge >= 0.3 is 0 Å². The highest BCUT2D eigenvalue weighted by Crippen LogP contribution is 2.18. The summed E-state index contributed by atoms with van der Waals surface area (Å²) in [5.41, 5.74) is 1.36. The molecular weight excluding hydrogens is 368 g/mol. The van der Waals surface area contributed by atoms with E-state index in [9.17, 15) is 9.59 Å². The van der Waals surface area contributed by atoms with Crippen molar-refractivity contribution in [3.8, 4) is 5.75 Å². The Hall–Kier alpha value is -3.61. The van der Waals surface area contributed by atoms with Crippen LogP contribution in [0.2, 0.25) is 0 Å². The normalized spacial score (nSPS) is 11.5. The number of methoxy groups -OCH3 is 1. The Labute approximate surface area is 169 Å². The van der Waals surface area contributed by atoms with Crippen molar-refractivity contribution in [2.24, 2.45) is 5.92 Å². The van der Waals surface area contributed by atoms with E-state index in [1.807, 2.05) is 23.9 Å². The summed E-state index contributed by atoms with van der Waals surface area (Å²) in [5, 5.41) is 9.92. The van der Waals surface area contributed by atoms with Gasteiger partial charge in [0.2, 0.25) is 0 Å². The Morgan fingerprint density at radius 2 is 1.83 bits per heavy atom. The second kappa shape index (κ2) is 9.54. The van der Waals surface area contributed by atoms with Crippen LogP contribution in [0.5, 0.6) is 5.75 Å². The summed E-state index contributed by atoms with van der Waals surface area (Å²) in [6, 6.07) is 15.6. The van der Waals surface area contributed by atoms with E-state index in [1.165, 1.54) is 0 Å². The van der Waals surface area contributed by atoms with Gasteiger partial charge in [0.15, 0.2) is 0 Å². The fourth-order valence-electron chi connectivity index (χ4n) is 2.88. The van der Waals surface area contributed by atoms with Gasteiger partial charge in [0.1, 0.15) is 5.75 Å². The first kappa shape index (κ1) is 20.1. The van der Waals surface area contributed by atoms with Crippen molar-refractivity contribution < 1.29 is 14.3 Å². The third-order valence-corrected chi connectivity index (χ3v) is 4.44. The standard InChI is InChI=1S/C22H24N4O3/c1-16(15-26-13-5-12-24-26)14-23-22(28)19-6-3-4-7-20(19)25-21(27)17-8-10-18(29-2)11-9-17/h3-13,16H,14-15H2,1-2H3,(H,23,28)(H,25,27).